The Morgan fingerprint density at radius 1 is 1.20 bits per heavy atom. The predicted molar refractivity (Wildman–Crippen MR) is 61.3 cm³/mol. The summed E-state index contributed by atoms with van der Waals surface area (Å²) in [5, 5.41) is 9.72. The van der Waals surface area contributed by atoms with Crippen LogP contribution in [0.25, 0.3) is 0 Å². The zero-order chi connectivity index (χ0) is 10.6. The molecular formula is C14H18O. The fraction of sp³-hybridized carbons (Fsp3) is 0.571. The highest BCUT2D eigenvalue weighted by atomic mass is 16.3. The molecule has 1 saturated carbocycles. The normalized spacial score (nSPS) is 21.0. The molecule has 0 aromatic heterocycles. The Morgan fingerprint density at radius 3 is 2.53 bits per heavy atom. The van der Waals surface area contributed by atoms with Crippen molar-refractivity contribution in [3.8, 4) is 5.75 Å². The predicted octanol–water partition coefficient (Wildman–Crippen LogP) is 3.39. The van der Waals surface area contributed by atoms with E-state index >= 15 is 0 Å². The molecule has 80 valence electrons. The van der Waals surface area contributed by atoms with Crippen LogP contribution >= 0.6 is 0 Å². The van der Waals surface area contributed by atoms with E-state index in [2.05, 4.69) is 13.8 Å². The lowest BCUT2D eigenvalue weighted by Gasteiger charge is -2.12. The van der Waals surface area contributed by atoms with Crippen LogP contribution in [-0.4, -0.2) is 5.11 Å². The zero-order valence-electron chi connectivity index (χ0n) is 9.51. The van der Waals surface area contributed by atoms with Crippen molar-refractivity contribution in [2.45, 2.75) is 45.4 Å². The Balaban J connectivity index is 2.10. The van der Waals surface area contributed by atoms with Gasteiger partial charge in [0.25, 0.3) is 0 Å². The van der Waals surface area contributed by atoms with Gasteiger partial charge in [-0.2, -0.15) is 0 Å². The molecule has 15 heavy (non-hydrogen) atoms. The molecule has 2 aliphatic rings. The van der Waals surface area contributed by atoms with Crippen molar-refractivity contribution in [2.75, 3.05) is 0 Å². The summed E-state index contributed by atoms with van der Waals surface area (Å²) in [6.07, 6.45) is 5.24. The number of aromatic hydroxyl groups is 1. The van der Waals surface area contributed by atoms with Crippen molar-refractivity contribution < 1.29 is 5.11 Å². The molecule has 0 heterocycles. The molecule has 1 nitrogen and oxygen atoms in total. The molecule has 3 rings (SSSR count). The second-order valence-corrected chi connectivity index (χ2v) is 5.68. The molecule has 1 heteroatoms. The summed E-state index contributed by atoms with van der Waals surface area (Å²) in [6, 6.07) is 3.94. The molecule has 1 aromatic carbocycles. The highest BCUT2D eigenvalue weighted by Gasteiger charge is 2.47. The molecule has 1 N–H and O–H groups in total. The van der Waals surface area contributed by atoms with Crippen LogP contribution in [0.2, 0.25) is 0 Å². The summed E-state index contributed by atoms with van der Waals surface area (Å²) in [5.74, 6) is 0.981. The van der Waals surface area contributed by atoms with Gasteiger partial charge >= 0.3 is 0 Å². The molecule has 0 amide bonds. The third-order valence-electron chi connectivity index (χ3n) is 4.06. The lowest BCUT2D eigenvalue weighted by molar-refractivity contribution is 0.473. The zero-order valence-corrected chi connectivity index (χ0v) is 9.51. The molecule has 1 spiro atoms. The van der Waals surface area contributed by atoms with Gasteiger partial charge in [0.1, 0.15) is 5.75 Å². The first-order chi connectivity index (χ1) is 7.10. The average Bonchev–Trinajstić information content (AvgIpc) is 2.76. The Labute approximate surface area is 91.1 Å². The summed E-state index contributed by atoms with van der Waals surface area (Å²) in [5.41, 5.74) is 4.94. The quantitative estimate of drug-likeness (QED) is 0.740. The van der Waals surface area contributed by atoms with Gasteiger partial charge in [0.2, 0.25) is 0 Å². The Bertz CT molecular complexity index is 414. The summed E-state index contributed by atoms with van der Waals surface area (Å²) >= 11 is 0. The highest BCUT2D eigenvalue weighted by molar-refractivity contribution is 5.48. The molecule has 1 fully saturated rings. The van der Waals surface area contributed by atoms with Crippen LogP contribution in [0.15, 0.2) is 12.1 Å². The van der Waals surface area contributed by atoms with Gasteiger partial charge in [-0.15, -0.1) is 0 Å². The first-order valence-corrected chi connectivity index (χ1v) is 5.94. The lowest BCUT2D eigenvalue weighted by atomic mass is 9.94. The number of phenols is 1. The van der Waals surface area contributed by atoms with Gasteiger partial charge in [-0.1, -0.05) is 13.8 Å². The SMILES string of the molecule is CC(C)c1cc(O)cc2c1CC1(CC1)C2. The van der Waals surface area contributed by atoms with Crippen molar-refractivity contribution >= 4 is 0 Å². The Morgan fingerprint density at radius 2 is 1.93 bits per heavy atom. The van der Waals surface area contributed by atoms with Gasteiger partial charge in [0, 0.05) is 0 Å². The van der Waals surface area contributed by atoms with Gasteiger partial charge in [0.15, 0.2) is 0 Å². The van der Waals surface area contributed by atoms with Crippen LogP contribution in [0.3, 0.4) is 0 Å². The summed E-state index contributed by atoms with van der Waals surface area (Å²) < 4.78 is 0. The summed E-state index contributed by atoms with van der Waals surface area (Å²) in [4.78, 5) is 0. The van der Waals surface area contributed by atoms with Gasteiger partial charge in [-0.3, -0.25) is 0 Å². The second kappa shape index (κ2) is 2.78. The van der Waals surface area contributed by atoms with Crippen LogP contribution in [-0.2, 0) is 12.8 Å². The van der Waals surface area contributed by atoms with Crippen molar-refractivity contribution in [1.82, 2.24) is 0 Å². The monoisotopic (exact) mass is 202 g/mol. The first kappa shape index (κ1) is 9.26. The molecule has 0 unspecified atom stereocenters. The first-order valence-electron chi connectivity index (χ1n) is 5.94. The topological polar surface area (TPSA) is 20.2 Å². The second-order valence-electron chi connectivity index (χ2n) is 5.68. The number of phenolic OH excluding ortho intramolecular Hbond substituents is 1. The van der Waals surface area contributed by atoms with E-state index in [1.54, 1.807) is 5.56 Å². The molecule has 0 bridgehead atoms. The van der Waals surface area contributed by atoms with E-state index in [9.17, 15) is 5.11 Å². The van der Waals surface area contributed by atoms with Crippen LogP contribution in [0.5, 0.6) is 5.75 Å². The molecule has 0 aliphatic heterocycles. The van der Waals surface area contributed by atoms with Gasteiger partial charge in [-0.05, 0) is 65.8 Å². The molecule has 0 radical (unpaired) electrons. The summed E-state index contributed by atoms with van der Waals surface area (Å²) in [6.45, 7) is 4.43. The number of rotatable bonds is 1. The van der Waals surface area contributed by atoms with E-state index in [-0.39, 0.29) is 0 Å². The third-order valence-corrected chi connectivity index (χ3v) is 4.06. The fourth-order valence-corrected chi connectivity index (χ4v) is 3.00. The molecular weight excluding hydrogens is 184 g/mol. The van der Waals surface area contributed by atoms with Crippen LogP contribution < -0.4 is 0 Å². The third kappa shape index (κ3) is 1.37. The number of fused-ring (bicyclic) bond motifs is 1. The molecule has 0 atom stereocenters. The van der Waals surface area contributed by atoms with E-state index in [1.165, 1.54) is 36.8 Å². The van der Waals surface area contributed by atoms with Crippen LogP contribution in [0, 0.1) is 5.41 Å². The van der Waals surface area contributed by atoms with E-state index in [4.69, 9.17) is 0 Å². The molecule has 2 aliphatic carbocycles. The lowest BCUT2D eigenvalue weighted by Crippen LogP contribution is -1.99. The van der Waals surface area contributed by atoms with E-state index in [0.29, 0.717) is 17.1 Å². The standard InChI is InChI=1S/C14H18O/c1-9(2)12-6-11(15)5-10-7-14(3-4-14)8-13(10)12/h5-6,9,15H,3-4,7-8H2,1-2H3. The minimum atomic E-state index is 0.454. The average molecular weight is 202 g/mol. The highest BCUT2D eigenvalue weighted by Crippen LogP contribution is 2.56. The van der Waals surface area contributed by atoms with Crippen molar-refractivity contribution in [1.29, 1.82) is 0 Å². The van der Waals surface area contributed by atoms with Gasteiger partial charge in [0.05, 0.1) is 0 Å². The maximum Gasteiger partial charge on any atom is 0.116 e. The van der Waals surface area contributed by atoms with Gasteiger partial charge < -0.3 is 5.11 Å². The summed E-state index contributed by atoms with van der Waals surface area (Å²) in [7, 11) is 0. The number of benzene rings is 1. The van der Waals surface area contributed by atoms with Crippen molar-refractivity contribution in [2.24, 2.45) is 5.41 Å². The number of hydrogen-bond donors (Lipinski definition) is 1. The largest absolute Gasteiger partial charge is 0.508 e. The minimum absolute atomic E-state index is 0.454. The van der Waals surface area contributed by atoms with Gasteiger partial charge in [-0.25, -0.2) is 0 Å². The van der Waals surface area contributed by atoms with Crippen LogP contribution in [0.4, 0.5) is 0 Å². The number of hydrogen-bond acceptors (Lipinski definition) is 1. The van der Waals surface area contributed by atoms with Crippen molar-refractivity contribution in [3.05, 3.63) is 28.8 Å². The fourth-order valence-electron chi connectivity index (χ4n) is 3.00. The smallest absolute Gasteiger partial charge is 0.116 e. The molecule has 1 aromatic rings. The van der Waals surface area contributed by atoms with E-state index in [0.717, 1.165) is 0 Å². The maximum absolute atomic E-state index is 9.72. The Hall–Kier alpha value is -0.980. The Kier molecular flexibility index (Phi) is 1.72. The maximum atomic E-state index is 9.72. The van der Waals surface area contributed by atoms with Crippen molar-refractivity contribution in [3.63, 3.8) is 0 Å². The van der Waals surface area contributed by atoms with E-state index in [1.807, 2.05) is 12.1 Å². The van der Waals surface area contributed by atoms with E-state index < -0.39 is 0 Å². The van der Waals surface area contributed by atoms with Crippen LogP contribution in [0.1, 0.15) is 49.3 Å². The minimum Gasteiger partial charge on any atom is -0.508 e. The molecule has 0 saturated heterocycles.